The van der Waals surface area contributed by atoms with Crippen LogP contribution >= 0.6 is 0 Å². The second kappa shape index (κ2) is 3.94. The number of nitrogens with one attached hydrogen (secondary N) is 1. The molecule has 0 aromatic carbocycles. The summed E-state index contributed by atoms with van der Waals surface area (Å²) in [4.78, 5) is 36.4. The van der Waals surface area contributed by atoms with Crippen LogP contribution in [0.1, 0.15) is 30.1 Å². The molecular formula is C11H13N3O4. The van der Waals surface area contributed by atoms with Crippen LogP contribution in [0.4, 0.5) is 0 Å². The van der Waals surface area contributed by atoms with Crippen molar-refractivity contribution in [3.63, 3.8) is 0 Å². The molecule has 7 nitrogen and oxygen atoms in total. The molecule has 96 valence electrons. The van der Waals surface area contributed by atoms with Gasteiger partial charge in [0.15, 0.2) is 5.69 Å². The Morgan fingerprint density at radius 1 is 1.50 bits per heavy atom. The molecule has 0 radical (unpaired) electrons. The molecule has 1 N–H and O–H groups in total. The molecular weight excluding hydrogens is 238 g/mol. The van der Waals surface area contributed by atoms with Crippen LogP contribution in [0.15, 0.2) is 10.6 Å². The highest BCUT2D eigenvalue weighted by molar-refractivity contribution is 6.08. The molecule has 3 amide bonds. The zero-order valence-corrected chi connectivity index (χ0v) is 10.3. The number of imide groups is 1. The minimum absolute atomic E-state index is 0.0862. The van der Waals surface area contributed by atoms with Gasteiger partial charge in [0.05, 0.1) is 0 Å². The fourth-order valence-electron chi connectivity index (χ4n) is 1.71. The normalized spacial score (nSPS) is 18.7. The van der Waals surface area contributed by atoms with Crippen molar-refractivity contribution in [1.82, 2.24) is 15.4 Å². The summed E-state index contributed by atoms with van der Waals surface area (Å²) >= 11 is 0. The first-order valence-corrected chi connectivity index (χ1v) is 5.42. The van der Waals surface area contributed by atoms with Gasteiger partial charge in [-0.05, 0) is 20.8 Å². The maximum absolute atomic E-state index is 12.2. The van der Waals surface area contributed by atoms with Crippen molar-refractivity contribution in [2.24, 2.45) is 0 Å². The maximum Gasteiger partial charge on any atom is 0.277 e. The van der Waals surface area contributed by atoms with Gasteiger partial charge in [0.25, 0.3) is 11.8 Å². The lowest BCUT2D eigenvalue weighted by Gasteiger charge is -2.39. The van der Waals surface area contributed by atoms with Crippen LogP contribution in [0.5, 0.6) is 0 Å². The van der Waals surface area contributed by atoms with Crippen LogP contribution in [0.2, 0.25) is 0 Å². The Bertz CT molecular complexity index is 532. The van der Waals surface area contributed by atoms with E-state index in [1.807, 2.05) is 0 Å². The van der Waals surface area contributed by atoms with Crippen molar-refractivity contribution < 1.29 is 18.9 Å². The Morgan fingerprint density at radius 2 is 2.17 bits per heavy atom. The Balaban J connectivity index is 2.33. The largest absolute Gasteiger partial charge is 0.361 e. The standard InChI is InChI=1S/C11H13N3O4/c1-6-4-7(13-18-6)9(16)14-5-8(15)12-10(17)11(14,2)3/h4H,5H2,1-3H3,(H,12,15,17). The first kappa shape index (κ1) is 12.3. The molecule has 1 aromatic rings. The Labute approximate surface area is 103 Å². The molecule has 2 rings (SSSR count). The fraction of sp³-hybridized carbons (Fsp3) is 0.455. The summed E-state index contributed by atoms with van der Waals surface area (Å²) in [6, 6.07) is 1.47. The minimum Gasteiger partial charge on any atom is -0.361 e. The van der Waals surface area contributed by atoms with E-state index in [-0.39, 0.29) is 12.2 Å². The molecule has 0 bridgehead atoms. The van der Waals surface area contributed by atoms with E-state index in [9.17, 15) is 14.4 Å². The maximum atomic E-state index is 12.2. The van der Waals surface area contributed by atoms with Gasteiger partial charge in [0.1, 0.15) is 17.8 Å². The van der Waals surface area contributed by atoms with Crippen LogP contribution in [-0.4, -0.2) is 39.9 Å². The first-order valence-electron chi connectivity index (χ1n) is 5.42. The second-order valence-corrected chi connectivity index (χ2v) is 4.65. The number of hydrogen-bond acceptors (Lipinski definition) is 5. The number of piperazine rings is 1. The third-order valence-corrected chi connectivity index (χ3v) is 2.88. The Morgan fingerprint density at radius 3 is 2.72 bits per heavy atom. The molecule has 0 atom stereocenters. The van der Waals surface area contributed by atoms with E-state index < -0.39 is 23.3 Å². The van der Waals surface area contributed by atoms with Crippen LogP contribution in [0, 0.1) is 6.92 Å². The zero-order valence-electron chi connectivity index (χ0n) is 10.3. The summed E-state index contributed by atoms with van der Waals surface area (Å²) in [6.45, 7) is 4.62. The van der Waals surface area contributed by atoms with E-state index in [0.717, 1.165) is 0 Å². The van der Waals surface area contributed by atoms with Gasteiger partial charge in [-0.3, -0.25) is 19.7 Å². The summed E-state index contributed by atoms with van der Waals surface area (Å²) in [6.07, 6.45) is 0. The number of carbonyl (C=O) groups is 3. The number of amides is 3. The van der Waals surface area contributed by atoms with Crippen molar-refractivity contribution in [2.45, 2.75) is 26.3 Å². The van der Waals surface area contributed by atoms with Gasteiger partial charge in [-0.25, -0.2) is 0 Å². The van der Waals surface area contributed by atoms with E-state index in [4.69, 9.17) is 4.52 Å². The monoisotopic (exact) mass is 251 g/mol. The Kier molecular flexibility index (Phi) is 2.68. The Hall–Kier alpha value is -2.18. The van der Waals surface area contributed by atoms with Crippen molar-refractivity contribution in [1.29, 1.82) is 0 Å². The molecule has 18 heavy (non-hydrogen) atoms. The fourth-order valence-corrected chi connectivity index (χ4v) is 1.71. The molecule has 1 saturated heterocycles. The third kappa shape index (κ3) is 1.87. The molecule has 1 aromatic heterocycles. The van der Waals surface area contributed by atoms with E-state index in [0.29, 0.717) is 5.76 Å². The van der Waals surface area contributed by atoms with Gasteiger partial charge in [-0.2, -0.15) is 0 Å². The van der Waals surface area contributed by atoms with Crippen LogP contribution in [-0.2, 0) is 9.59 Å². The quantitative estimate of drug-likeness (QED) is 0.701. The third-order valence-electron chi connectivity index (χ3n) is 2.88. The van der Waals surface area contributed by atoms with Gasteiger partial charge in [-0.1, -0.05) is 5.16 Å². The van der Waals surface area contributed by atoms with Crippen LogP contribution < -0.4 is 5.32 Å². The highest BCUT2D eigenvalue weighted by Gasteiger charge is 2.44. The predicted octanol–water partition coefficient (Wildman–Crippen LogP) is -0.140. The highest BCUT2D eigenvalue weighted by atomic mass is 16.5. The van der Waals surface area contributed by atoms with Gasteiger partial charge in [0, 0.05) is 6.07 Å². The van der Waals surface area contributed by atoms with Crippen molar-refractivity contribution in [3.05, 3.63) is 17.5 Å². The topological polar surface area (TPSA) is 92.5 Å². The molecule has 0 aliphatic carbocycles. The lowest BCUT2D eigenvalue weighted by Crippen LogP contribution is -2.65. The zero-order chi connectivity index (χ0) is 13.5. The molecule has 1 aliphatic rings. The lowest BCUT2D eigenvalue weighted by atomic mass is 9.98. The summed E-state index contributed by atoms with van der Waals surface area (Å²) < 4.78 is 4.82. The summed E-state index contributed by atoms with van der Waals surface area (Å²) in [5.74, 6) is -1.02. The number of aryl methyl sites for hydroxylation is 1. The van der Waals surface area contributed by atoms with Gasteiger partial charge in [0.2, 0.25) is 5.91 Å². The molecule has 7 heteroatoms. The van der Waals surface area contributed by atoms with Crippen molar-refractivity contribution in [2.75, 3.05) is 6.54 Å². The SMILES string of the molecule is Cc1cc(C(=O)N2CC(=O)NC(=O)C2(C)C)no1. The minimum atomic E-state index is -1.10. The van der Waals surface area contributed by atoms with Crippen molar-refractivity contribution >= 4 is 17.7 Å². The highest BCUT2D eigenvalue weighted by Crippen LogP contribution is 2.20. The van der Waals surface area contributed by atoms with E-state index >= 15 is 0 Å². The van der Waals surface area contributed by atoms with Gasteiger partial charge < -0.3 is 9.42 Å². The molecule has 2 heterocycles. The van der Waals surface area contributed by atoms with E-state index in [1.54, 1.807) is 20.8 Å². The van der Waals surface area contributed by atoms with E-state index in [2.05, 4.69) is 10.5 Å². The number of carbonyl (C=O) groups excluding carboxylic acids is 3. The molecule has 1 aliphatic heterocycles. The van der Waals surface area contributed by atoms with Crippen LogP contribution in [0.3, 0.4) is 0 Å². The van der Waals surface area contributed by atoms with Crippen LogP contribution in [0.25, 0.3) is 0 Å². The smallest absolute Gasteiger partial charge is 0.277 e. The first-order chi connectivity index (χ1) is 8.32. The lowest BCUT2D eigenvalue weighted by molar-refractivity contribution is -0.143. The average Bonchev–Trinajstić information content (AvgIpc) is 2.70. The molecule has 0 saturated carbocycles. The number of rotatable bonds is 1. The number of nitrogens with zero attached hydrogens (tertiary/aromatic N) is 2. The molecule has 1 fully saturated rings. The summed E-state index contributed by atoms with van der Waals surface area (Å²) in [5, 5.41) is 5.79. The predicted molar refractivity (Wildman–Crippen MR) is 59.5 cm³/mol. The molecule has 0 unspecified atom stereocenters. The molecule has 0 spiro atoms. The average molecular weight is 251 g/mol. The summed E-state index contributed by atoms with van der Waals surface area (Å²) in [7, 11) is 0. The number of hydrogen-bond donors (Lipinski definition) is 1. The van der Waals surface area contributed by atoms with Crippen molar-refractivity contribution in [3.8, 4) is 0 Å². The van der Waals surface area contributed by atoms with E-state index in [1.165, 1.54) is 11.0 Å². The van der Waals surface area contributed by atoms with Gasteiger partial charge in [-0.15, -0.1) is 0 Å². The second-order valence-electron chi connectivity index (χ2n) is 4.65. The van der Waals surface area contributed by atoms with Gasteiger partial charge >= 0.3 is 0 Å². The number of aromatic nitrogens is 1. The summed E-state index contributed by atoms with van der Waals surface area (Å²) in [5.41, 5.74) is -1.01.